The number of methoxy groups -OCH3 is 1. The van der Waals surface area contributed by atoms with Gasteiger partial charge in [-0.15, -0.1) is 0 Å². The number of benzene rings is 1. The van der Waals surface area contributed by atoms with E-state index >= 15 is 0 Å². The lowest BCUT2D eigenvalue weighted by atomic mass is 10.0. The van der Waals surface area contributed by atoms with E-state index in [0.717, 1.165) is 33.6 Å². The van der Waals surface area contributed by atoms with Gasteiger partial charge in [0.15, 0.2) is 5.65 Å². The number of para-hydroxylation sites is 1. The lowest BCUT2D eigenvalue weighted by molar-refractivity contribution is 0.416. The third-order valence-corrected chi connectivity index (χ3v) is 4.34. The predicted octanol–water partition coefficient (Wildman–Crippen LogP) is 4.36. The van der Waals surface area contributed by atoms with Crippen molar-refractivity contribution in [1.29, 1.82) is 0 Å². The van der Waals surface area contributed by atoms with Crippen LogP contribution < -0.4 is 4.74 Å². The Balaban J connectivity index is 2.04. The molecule has 0 aliphatic rings. The summed E-state index contributed by atoms with van der Waals surface area (Å²) in [5.74, 6) is 0.802. The van der Waals surface area contributed by atoms with Crippen molar-refractivity contribution in [3.63, 3.8) is 0 Å². The van der Waals surface area contributed by atoms with Crippen molar-refractivity contribution in [2.45, 2.75) is 0 Å². The zero-order valence-corrected chi connectivity index (χ0v) is 12.7. The molecular weight excluding hydrogens is 294 g/mol. The molecule has 5 heteroatoms. The summed E-state index contributed by atoms with van der Waals surface area (Å²) in [6, 6.07) is 12.0. The van der Waals surface area contributed by atoms with Crippen molar-refractivity contribution >= 4 is 22.4 Å². The topological polar surface area (TPSA) is 50.8 Å². The van der Waals surface area contributed by atoms with Crippen LogP contribution in [0.3, 0.4) is 0 Å². The number of hydrogen-bond donors (Lipinski definition) is 1. The van der Waals surface area contributed by atoms with Crippen LogP contribution in [0.1, 0.15) is 0 Å². The van der Waals surface area contributed by atoms with Gasteiger partial charge >= 0.3 is 0 Å². The highest BCUT2D eigenvalue weighted by atomic mass is 32.1. The molecule has 0 atom stereocenters. The number of hydrogen-bond acceptors (Lipinski definition) is 4. The summed E-state index contributed by atoms with van der Waals surface area (Å²) in [7, 11) is 1.67. The first kappa shape index (κ1) is 13.0. The SMILES string of the molecule is COc1ccccc1-c1n[nH]c2nccc(-c3ccsc3)c12. The summed E-state index contributed by atoms with van der Waals surface area (Å²) < 4.78 is 5.48. The molecule has 0 aliphatic heterocycles. The van der Waals surface area contributed by atoms with Crippen LogP contribution in [0.25, 0.3) is 33.4 Å². The zero-order valence-electron chi connectivity index (χ0n) is 11.9. The molecule has 0 bridgehead atoms. The molecule has 4 rings (SSSR count). The van der Waals surface area contributed by atoms with Crippen molar-refractivity contribution in [3.05, 3.63) is 53.4 Å². The first-order valence-electron chi connectivity index (χ1n) is 6.87. The molecule has 0 fully saturated rings. The Hall–Kier alpha value is -2.66. The van der Waals surface area contributed by atoms with E-state index in [2.05, 4.69) is 32.0 Å². The van der Waals surface area contributed by atoms with Gasteiger partial charge in [0.25, 0.3) is 0 Å². The Kier molecular flexibility index (Phi) is 3.12. The summed E-state index contributed by atoms with van der Waals surface area (Å²) in [5, 5.41) is 12.7. The van der Waals surface area contributed by atoms with Gasteiger partial charge in [-0.05, 0) is 46.2 Å². The third kappa shape index (κ3) is 1.98. The molecule has 1 N–H and O–H groups in total. The van der Waals surface area contributed by atoms with E-state index in [-0.39, 0.29) is 0 Å². The maximum absolute atomic E-state index is 5.48. The minimum Gasteiger partial charge on any atom is -0.496 e. The van der Waals surface area contributed by atoms with Crippen molar-refractivity contribution in [2.24, 2.45) is 0 Å². The Bertz CT molecular complexity index is 928. The van der Waals surface area contributed by atoms with Crippen molar-refractivity contribution in [2.75, 3.05) is 7.11 Å². The number of aromatic amines is 1. The molecule has 0 radical (unpaired) electrons. The molecule has 108 valence electrons. The normalized spacial score (nSPS) is 11.0. The molecule has 4 aromatic rings. The summed E-state index contributed by atoms with van der Waals surface area (Å²) in [6.07, 6.45) is 1.81. The highest BCUT2D eigenvalue weighted by molar-refractivity contribution is 7.08. The monoisotopic (exact) mass is 307 g/mol. The smallest absolute Gasteiger partial charge is 0.156 e. The Morgan fingerprint density at radius 2 is 2.00 bits per heavy atom. The molecular formula is C17H13N3OS. The fraction of sp³-hybridized carbons (Fsp3) is 0.0588. The van der Waals surface area contributed by atoms with Crippen LogP contribution in [-0.2, 0) is 0 Å². The van der Waals surface area contributed by atoms with E-state index in [4.69, 9.17) is 4.74 Å². The van der Waals surface area contributed by atoms with Crippen molar-refractivity contribution in [3.8, 4) is 28.1 Å². The average molecular weight is 307 g/mol. The number of fused-ring (bicyclic) bond motifs is 1. The van der Waals surface area contributed by atoms with E-state index < -0.39 is 0 Å². The van der Waals surface area contributed by atoms with E-state index in [1.165, 1.54) is 5.56 Å². The number of H-pyrrole nitrogens is 1. The Morgan fingerprint density at radius 3 is 2.82 bits per heavy atom. The van der Waals surface area contributed by atoms with Crippen LogP contribution in [0, 0.1) is 0 Å². The van der Waals surface area contributed by atoms with Crippen LogP contribution in [0.4, 0.5) is 0 Å². The second-order valence-corrected chi connectivity index (χ2v) is 5.65. The van der Waals surface area contributed by atoms with Crippen LogP contribution in [0.5, 0.6) is 5.75 Å². The van der Waals surface area contributed by atoms with E-state index in [9.17, 15) is 0 Å². The van der Waals surface area contributed by atoms with Gasteiger partial charge in [-0.3, -0.25) is 5.10 Å². The van der Waals surface area contributed by atoms with E-state index in [1.807, 2.05) is 30.3 Å². The number of pyridine rings is 1. The average Bonchev–Trinajstić information content (AvgIpc) is 3.24. The van der Waals surface area contributed by atoms with Gasteiger partial charge in [0.2, 0.25) is 0 Å². The van der Waals surface area contributed by atoms with Gasteiger partial charge in [0.1, 0.15) is 11.4 Å². The molecule has 4 nitrogen and oxygen atoms in total. The lowest BCUT2D eigenvalue weighted by Gasteiger charge is -2.07. The van der Waals surface area contributed by atoms with Crippen LogP contribution in [0.15, 0.2) is 53.4 Å². The highest BCUT2D eigenvalue weighted by Crippen LogP contribution is 2.37. The molecule has 0 unspecified atom stereocenters. The van der Waals surface area contributed by atoms with Gasteiger partial charge in [0.05, 0.1) is 12.5 Å². The Labute approximate surface area is 131 Å². The predicted molar refractivity (Wildman–Crippen MR) is 89.2 cm³/mol. The number of ether oxygens (including phenoxy) is 1. The Morgan fingerprint density at radius 1 is 1.09 bits per heavy atom. The van der Waals surface area contributed by atoms with Crippen LogP contribution in [-0.4, -0.2) is 22.3 Å². The van der Waals surface area contributed by atoms with Gasteiger partial charge < -0.3 is 4.74 Å². The van der Waals surface area contributed by atoms with Crippen molar-refractivity contribution < 1.29 is 4.74 Å². The lowest BCUT2D eigenvalue weighted by Crippen LogP contribution is -1.89. The zero-order chi connectivity index (χ0) is 14.9. The molecule has 3 aromatic heterocycles. The molecule has 22 heavy (non-hydrogen) atoms. The highest BCUT2D eigenvalue weighted by Gasteiger charge is 2.17. The summed E-state index contributed by atoms with van der Waals surface area (Å²) in [6.45, 7) is 0. The fourth-order valence-electron chi connectivity index (χ4n) is 2.64. The molecule has 0 aliphatic carbocycles. The summed E-state index contributed by atoms with van der Waals surface area (Å²) >= 11 is 1.68. The van der Waals surface area contributed by atoms with E-state index in [0.29, 0.717) is 0 Å². The van der Waals surface area contributed by atoms with Gasteiger partial charge in [-0.1, -0.05) is 12.1 Å². The largest absolute Gasteiger partial charge is 0.496 e. The number of rotatable bonds is 3. The molecule has 0 saturated carbocycles. The van der Waals surface area contributed by atoms with Gasteiger partial charge in [-0.25, -0.2) is 4.98 Å². The van der Waals surface area contributed by atoms with Crippen LogP contribution >= 0.6 is 11.3 Å². The molecule has 1 aromatic carbocycles. The standard InChI is InChI=1S/C17H13N3OS/c1-21-14-5-3-2-4-13(14)16-15-12(11-7-9-22-10-11)6-8-18-17(15)20-19-16/h2-10H,1H3,(H,18,19,20). The maximum atomic E-state index is 5.48. The number of nitrogens with one attached hydrogen (secondary N) is 1. The fourth-order valence-corrected chi connectivity index (χ4v) is 3.30. The van der Waals surface area contributed by atoms with Crippen molar-refractivity contribution in [1.82, 2.24) is 15.2 Å². The number of thiophene rings is 1. The summed E-state index contributed by atoms with van der Waals surface area (Å²) in [5.41, 5.74) is 4.91. The second-order valence-electron chi connectivity index (χ2n) is 4.87. The molecule has 0 spiro atoms. The minimum absolute atomic E-state index is 0.782. The minimum atomic E-state index is 0.782. The first-order chi connectivity index (χ1) is 10.9. The first-order valence-corrected chi connectivity index (χ1v) is 7.82. The molecule has 3 heterocycles. The summed E-state index contributed by atoms with van der Waals surface area (Å²) in [4.78, 5) is 4.40. The quantitative estimate of drug-likeness (QED) is 0.611. The van der Waals surface area contributed by atoms with Gasteiger partial charge in [-0.2, -0.15) is 16.4 Å². The number of nitrogens with zero attached hydrogens (tertiary/aromatic N) is 2. The van der Waals surface area contributed by atoms with E-state index in [1.54, 1.807) is 24.6 Å². The maximum Gasteiger partial charge on any atom is 0.156 e. The number of aromatic nitrogens is 3. The molecule has 0 saturated heterocycles. The van der Waals surface area contributed by atoms with Crippen LogP contribution in [0.2, 0.25) is 0 Å². The van der Waals surface area contributed by atoms with Gasteiger partial charge in [0, 0.05) is 11.8 Å². The molecule has 0 amide bonds. The third-order valence-electron chi connectivity index (χ3n) is 3.66. The second kappa shape index (κ2) is 5.27.